The average molecular weight is 370 g/mol. The number of fused-ring (bicyclic) bond motifs is 3. The van der Waals surface area contributed by atoms with Crippen LogP contribution in [0, 0.1) is 17.8 Å². The summed E-state index contributed by atoms with van der Waals surface area (Å²) in [6.07, 6.45) is 6.81. The molecule has 1 aliphatic heterocycles. The van der Waals surface area contributed by atoms with Crippen LogP contribution in [0.4, 0.5) is 0 Å². The number of carbonyl (C=O) groups excluding carboxylic acids is 1. The quantitative estimate of drug-likeness (QED) is 0.758. The van der Waals surface area contributed by atoms with E-state index in [1.54, 1.807) is 11.3 Å². The highest BCUT2D eigenvalue weighted by molar-refractivity contribution is 7.16. The highest BCUT2D eigenvalue weighted by Crippen LogP contribution is 2.43. The van der Waals surface area contributed by atoms with Gasteiger partial charge in [0.15, 0.2) is 6.29 Å². The van der Waals surface area contributed by atoms with Gasteiger partial charge in [-0.3, -0.25) is 4.79 Å². The van der Waals surface area contributed by atoms with Gasteiger partial charge in [-0.05, 0) is 48.8 Å². The summed E-state index contributed by atoms with van der Waals surface area (Å²) in [6, 6.07) is 5.77. The van der Waals surface area contributed by atoms with E-state index in [2.05, 4.69) is 17.1 Å². The van der Waals surface area contributed by atoms with E-state index < -0.39 is 0 Å². The lowest BCUT2D eigenvalue weighted by molar-refractivity contribution is -0.0592. The zero-order chi connectivity index (χ0) is 17.5. The van der Waals surface area contributed by atoms with Crippen molar-refractivity contribution in [3.05, 3.63) is 41.4 Å². The Labute approximate surface area is 156 Å². The Morgan fingerprint density at radius 1 is 1.19 bits per heavy atom. The Balaban J connectivity index is 1.38. The molecule has 5 nitrogen and oxygen atoms in total. The highest BCUT2D eigenvalue weighted by Gasteiger charge is 2.38. The zero-order valence-corrected chi connectivity index (χ0v) is 15.4. The van der Waals surface area contributed by atoms with E-state index in [4.69, 9.17) is 9.47 Å². The molecule has 1 saturated heterocycles. The number of rotatable bonds is 5. The summed E-state index contributed by atoms with van der Waals surface area (Å²) < 4.78 is 12.3. The summed E-state index contributed by atoms with van der Waals surface area (Å²) in [4.78, 5) is 19.5. The van der Waals surface area contributed by atoms with Crippen LogP contribution in [0.25, 0.3) is 10.2 Å². The summed E-state index contributed by atoms with van der Waals surface area (Å²) in [5.41, 5.74) is 3.48. The van der Waals surface area contributed by atoms with Crippen molar-refractivity contribution in [2.24, 2.45) is 17.8 Å². The second kappa shape index (κ2) is 6.76. The lowest BCUT2D eigenvalue weighted by Gasteiger charge is -2.30. The Hall–Kier alpha value is -1.76. The summed E-state index contributed by atoms with van der Waals surface area (Å²) >= 11 is 1.57. The maximum Gasteiger partial charge on any atom is 0.254 e. The molecule has 26 heavy (non-hydrogen) atoms. The molecule has 136 valence electrons. The predicted octanol–water partition coefficient (Wildman–Crippen LogP) is 3.32. The fraction of sp³-hybridized carbons (Fsp3) is 0.500. The van der Waals surface area contributed by atoms with Crippen LogP contribution in [0.3, 0.4) is 0 Å². The number of carbonyl (C=O) groups is 1. The number of aromatic nitrogens is 1. The van der Waals surface area contributed by atoms with E-state index in [1.807, 2.05) is 28.6 Å². The minimum Gasteiger partial charge on any atom is -0.348 e. The molecule has 0 radical (unpaired) electrons. The first-order chi connectivity index (χ1) is 12.8. The van der Waals surface area contributed by atoms with Gasteiger partial charge in [-0.25, -0.2) is 4.98 Å². The van der Waals surface area contributed by atoms with E-state index >= 15 is 0 Å². The molecule has 5 rings (SSSR count). The Bertz CT molecular complexity index is 842. The smallest absolute Gasteiger partial charge is 0.254 e. The molecule has 1 amide bonds. The SMILES string of the molecule is O=C(c1ccc2ncsc2c1)N(CC1OCCO1)C[C@@H]1C[C@@H]2C=C[C@H]1C2. The van der Waals surface area contributed by atoms with Crippen molar-refractivity contribution in [1.29, 1.82) is 0 Å². The second-order valence-electron chi connectivity index (χ2n) is 7.46. The van der Waals surface area contributed by atoms with Crippen LogP contribution in [0.2, 0.25) is 0 Å². The van der Waals surface area contributed by atoms with Crippen LogP contribution >= 0.6 is 11.3 Å². The number of ether oxygens (including phenoxy) is 2. The van der Waals surface area contributed by atoms with Gasteiger partial charge in [0, 0.05) is 12.1 Å². The maximum absolute atomic E-state index is 13.3. The van der Waals surface area contributed by atoms with E-state index in [0.29, 0.717) is 37.5 Å². The van der Waals surface area contributed by atoms with Crippen molar-refractivity contribution in [2.75, 3.05) is 26.3 Å². The molecule has 1 aromatic carbocycles. The molecule has 3 atom stereocenters. The number of nitrogens with zero attached hydrogens (tertiary/aromatic N) is 2. The number of hydrogen-bond donors (Lipinski definition) is 0. The van der Waals surface area contributed by atoms with Gasteiger partial charge in [0.1, 0.15) is 0 Å². The van der Waals surface area contributed by atoms with Crippen LogP contribution in [-0.4, -0.2) is 48.4 Å². The van der Waals surface area contributed by atoms with Crippen molar-refractivity contribution in [1.82, 2.24) is 9.88 Å². The van der Waals surface area contributed by atoms with Gasteiger partial charge in [-0.1, -0.05) is 12.2 Å². The fourth-order valence-electron chi connectivity index (χ4n) is 4.49. The largest absolute Gasteiger partial charge is 0.348 e. The standard InChI is InChI=1S/C20H22N2O3S/c23-20(15-3-4-17-18(9-15)26-12-21-17)22(11-19-24-5-6-25-19)10-16-8-13-1-2-14(16)7-13/h1-4,9,12-14,16,19H,5-8,10-11H2/t13-,14+,16+/m1/s1. The number of amides is 1. The van der Waals surface area contributed by atoms with Crippen LogP contribution in [0.5, 0.6) is 0 Å². The number of benzene rings is 1. The van der Waals surface area contributed by atoms with E-state index in [-0.39, 0.29) is 12.2 Å². The van der Waals surface area contributed by atoms with E-state index in [1.165, 1.54) is 12.8 Å². The van der Waals surface area contributed by atoms with Crippen LogP contribution in [-0.2, 0) is 9.47 Å². The van der Waals surface area contributed by atoms with Crippen molar-refractivity contribution >= 4 is 27.5 Å². The third-order valence-corrected chi connectivity index (χ3v) is 6.59. The molecule has 0 spiro atoms. The van der Waals surface area contributed by atoms with E-state index in [9.17, 15) is 4.79 Å². The molecule has 1 saturated carbocycles. The molecule has 2 bridgehead atoms. The van der Waals surface area contributed by atoms with Crippen molar-refractivity contribution in [3.8, 4) is 0 Å². The van der Waals surface area contributed by atoms with Crippen LogP contribution in [0.15, 0.2) is 35.9 Å². The monoisotopic (exact) mass is 370 g/mol. The molecule has 2 heterocycles. The molecule has 0 unspecified atom stereocenters. The van der Waals surface area contributed by atoms with Crippen molar-refractivity contribution in [2.45, 2.75) is 19.1 Å². The lowest BCUT2D eigenvalue weighted by atomic mass is 9.93. The Morgan fingerprint density at radius 2 is 2.08 bits per heavy atom. The van der Waals surface area contributed by atoms with Crippen molar-refractivity contribution < 1.29 is 14.3 Å². The maximum atomic E-state index is 13.3. The van der Waals surface area contributed by atoms with Gasteiger partial charge >= 0.3 is 0 Å². The van der Waals surface area contributed by atoms with E-state index in [0.717, 1.165) is 22.3 Å². The molecule has 2 fully saturated rings. The summed E-state index contributed by atoms with van der Waals surface area (Å²) in [7, 11) is 0. The van der Waals surface area contributed by atoms with Crippen LogP contribution < -0.4 is 0 Å². The lowest BCUT2D eigenvalue weighted by Crippen LogP contribution is -2.41. The fourth-order valence-corrected chi connectivity index (χ4v) is 5.21. The summed E-state index contributed by atoms with van der Waals surface area (Å²) in [5.74, 6) is 1.92. The molecule has 1 aromatic heterocycles. The third kappa shape index (κ3) is 3.06. The molecular weight excluding hydrogens is 348 g/mol. The van der Waals surface area contributed by atoms with Gasteiger partial charge in [0.2, 0.25) is 0 Å². The third-order valence-electron chi connectivity index (χ3n) is 5.80. The molecule has 2 aliphatic carbocycles. The molecule has 3 aliphatic rings. The van der Waals surface area contributed by atoms with Gasteiger partial charge < -0.3 is 14.4 Å². The Morgan fingerprint density at radius 3 is 2.85 bits per heavy atom. The molecular formula is C20H22N2O3S. The minimum atomic E-state index is -0.305. The Kier molecular flexibility index (Phi) is 4.27. The average Bonchev–Trinajstić information content (AvgIpc) is 3.43. The minimum absolute atomic E-state index is 0.0613. The van der Waals surface area contributed by atoms with Gasteiger partial charge in [-0.2, -0.15) is 0 Å². The first-order valence-corrected chi connectivity index (χ1v) is 10.2. The first kappa shape index (κ1) is 16.4. The summed E-state index contributed by atoms with van der Waals surface area (Å²) in [6.45, 7) is 2.48. The number of thiazole rings is 1. The van der Waals surface area contributed by atoms with Crippen LogP contribution in [0.1, 0.15) is 23.2 Å². The summed E-state index contributed by atoms with van der Waals surface area (Å²) in [5, 5.41) is 0. The topological polar surface area (TPSA) is 51.7 Å². The number of allylic oxidation sites excluding steroid dienone is 2. The van der Waals surface area contributed by atoms with Gasteiger partial charge in [-0.15, -0.1) is 11.3 Å². The van der Waals surface area contributed by atoms with Gasteiger partial charge in [0.05, 0.1) is 35.5 Å². The normalized spacial score (nSPS) is 27.6. The molecule has 2 aromatic rings. The predicted molar refractivity (Wildman–Crippen MR) is 100 cm³/mol. The number of hydrogen-bond acceptors (Lipinski definition) is 5. The van der Waals surface area contributed by atoms with Gasteiger partial charge in [0.25, 0.3) is 5.91 Å². The molecule has 0 N–H and O–H groups in total. The zero-order valence-electron chi connectivity index (χ0n) is 14.5. The van der Waals surface area contributed by atoms with Crippen molar-refractivity contribution in [3.63, 3.8) is 0 Å². The highest BCUT2D eigenvalue weighted by atomic mass is 32.1. The second-order valence-corrected chi connectivity index (χ2v) is 8.34. The molecule has 6 heteroatoms. The first-order valence-electron chi connectivity index (χ1n) is 9.30.